The lowest BCUT2D eigenvalue weighted by atomic mass is 9.97. The van der Waals surface area contributed by atoms with Crippen LogP contribution in [0.25, 0.3) is 0 Å². The molecule has 0 aliphatic carbocycles. The monoisotopic (exact) mass is 436 g/mol. The zero-order valence-electron chi connectivity index (χ0n) is 17.3. The predicted molar refractivity (Wildman–Crippen MR) is 114 cm³/mol. The molecular weight excluding hydrogens is 408 g/mol. The molecule has 0 bridgehead atoms. The van der Waals surface area contributed by atoms with Gasteiger partial charge in [-0.15, -0.1) is 12.4 Å². The van der Waals surface area contributed by atoms with E-state index in [0.29, 0.717) is 25.2 Å². The maximum atomic E-state index is 13.1. The molecule has 164 valence electrons. The van der Waals surface area contributed by atoms with Gasteiger partial charge in [-0.1, -0.05) is 5.16 Å². The molecule has 0 radical (unpaired) electrons. The number of aryl methyl sites for hydroxylation is 2. The highest BCUT2D eigenvalue weighted by Gasteiger charge is 2.32. The molecule has 2 N–H and O–H groups in total. The summed E-state index contributed by atoms with van der Waals surface area (Å²) in [6.45, 7) is 6.42. The molecule has 4 heterocycles. The normalized spacial score (nSPS) is 21.9. The standard InChI is InChI=1S/C21H28N4O4.ClH/c1-13-5-8-25(16-3-6-22-7-4-16)21(27)19(13)20(26)23-18-12-28-11-15(18)10-17-9-14(2)24-29-17;/h5,8-9,15-16,18,22H,3-4,6-7,10-12H2,1-2H3,(H,23,26);1H/t15-,18+;/m1./s1. The van der Waals surface area contributed by atoms with Crippen LogP contribution in [0.5, 0.6) is 0 Å². The number of piperidine rings is 1. The summed E-state index contributed by atoms with van der Waals surface area (Å²) < 4.78 is 12.6. The van der Waals surface area contributed by atoms with Crippen molar-refractivity contribution in [2.24, 2.45) is 5.92 Å². The summed E-state index contributed by atoms with van der Waals surface area (Å²) in [5, 5.41) is 10.3. The molecule has 8 nitrogen and oxygen atoms in total. The van der Waals surface area contributed by atoms with Crippen molar-refractivity contribution in [1.82, 2.24) is 20.4 Å². The van der Waals surface area contributed by atoms with Crippen LogP contribution < -0.4 is 16.2 Å². The summed E-state index contributed by atoms with van der Waals surface area (Å²) in [5.41, 5.74) is 1.54. The van der Waals surface area contributed by atoms with E-state index in [1.54, 1.807) is 4.57 Å². The van der Waals surface area contributed by atoms with Gasteiger partial charge < -0.3 is 24.5 Å². The average Bonchev–Trinajstić information content (AvgIpc) is 3.31. The Bertz CT molecular complexity index is 935. The lowest BCUT2D eigenvalue weighted by Crippen LogP contribution is -2.44. The fourth-order valence-electron chi connectivity index (χ4n) is 4.26. The van der Waals surface area contributed by atoms with Crippen molar-refractivity contribution in [3.8, 4) is 0 Å². The number of pyridine rings is 1. The van der Waals surface area contributed by atoms with Gasteiger partial charge in [-0.3, -0.25) is 9.59 Å². The Labute approximate surface area is 181 Å². The third-order valence-electron chi connectivity index (χ3n) is 5.91. The Morgan fingerprint density at radius 3 is 2.77 bits per heavy atom. The predicted octanol–water partition coefficient (Wildman–Crippen LogP) is 1.79. The molecule has 2 saturated heterocycles. The minimum Gasteiger partial charge on any atom is -0.379 e. The third-order valence-corrected chi connectivity index (χ3v) is 5.91. The first-order valence-electron chi connectivity index (χ1n) is 10.3. The maximum absolute atomic E-state index is 13.1. The second kappa shape index (κ2) is 9.76. The van der Waals surface area contributed by atoms with Crippen LogP contribution in [0.1, 0.15) is 46.3 Å². The number of carbonyl (C=O) groups is 1. The van der Waals surface area contributed by atoms with Gasteiger partial charge in [0, 0.05) is 30.6 Å². The summed E-state index contributed by atoms with van der Waals surface area (Å²) in [6.07, 6.45) is 4.23. The van der Waals surface area contributed by atoms with E-state index >= 15 is 0 Å². The average molecular weight is 437 g/mol. The van der Waals surface area contributed by atoms with Gasteiger partial charge in [0.2, 0.25) is 0 Å². The fraction of sp³-hybridized carbons (Fsp3) is 0.571. The number of amides is 1. The molecule has 0 saturated carbocycles. The molecule has 0 spiro atoms. The van der Waals surface area contributed by atoms with Crippen molar-refractivity contribution in [2.45, 2.75) is 45.2 Å². The zero-order valence-corrected chi connectivity index (χ0v) is 18.2. The Balaban J connectivity index is 0.00000256. The molecule has 0 aromatic carbocycles. The lowest BCUT2D eigenvalue weighted by Gasteiger charge is -2.25. The number of carbonyl (C=O) groups excluding carboxylic acids is 1. The maximum Gasteiger partial charge on any atom is 0.263 e. The van der Waals surface area contributed by atoms with Gasteiger partial charge in [-0.2, -0.15) is 0 Å². The molecule has 2 aliphatic rings. The van der Waals surface area contributed by atoms with Gasteiger partial charge in [0.15, 0.2) is 0 Å². The Kier molecular flexibility index (Phi) is 7.33. The van der Waals surface area contributed by atoms with Crippen molar-refractivity contribution < 1.29 is 14.1 Å². The van der Waals surface area contributed by atoms with E-state index in [1.165, 1.54) is 0 Å². The van der Waals surface area contributed by atoms with Crippen molar-refractivity contribution in [2.75, 3.05) is 26.3 Å². The molecule has 9 heteroatoms. The summed E-state index contributed by atoms with van der Waals surface area (Å²) in [6, 6.07) is 3.72. The topological polar surface area (TPSA) is 98.4 Å². The van der Waals surface area contributed by atoms with Crippen LogP contribution in [-0.4, -0.2) is 48.0 Å². The second-order valence-corrected chi connectivity index (χ2v) is 8.08. The summed E-state index contributed by atoms with van der Waals surface area (Å²) in [5.74, 6) is 0.536. The molecule has 30 heavy (non-hydrogen) atoms. The van der Waals surface area contributed by atoms with Crippen LogP contribution in [0.15, 0.2) is 27.6 Å². The molecule has 0 unspecified atom stereocenters. The summed E-state index contributed by atoms with van der Waals surface area (Å²) >= 11 is 0. The molecule has 1 amide bonds. The second-order valence-electron chi connectivity index (χ2n) is 8.08. The molecule has 2 aromatic heterocycles. The lowest BCUT2D eigenvalue weighted by molar-refractivity contribution is 0.0921. The van der Waals surface area contributed by atoms with Crippen LogP contribution in [0.4, 0.5) is 0 Å². The van der Waals surface area contributed by atoms with Crippen molar-refractivity contribution in [1.29, 1.82) is 0 Å². The first kappa shape index (κ1) is 22.5. The van der Waals surface area contributed by atoms with E-state index < -0.39 is 0 Å². The molecule has 2 atom stereocenters. The van der Waals surface area contributed by atoms with E-state index in [4.69, 9.17) is 9.26 Å². The van der Waals surface area contributed by atoms with Crippen LogP contribution >= 0.6 is 12.4 Å². The summed E-state index contributed by atoms with van der Waals surface area (Å²) in [7, 11) is 0. The molecule has 2 aliphatic heterocycles. The highest BCUT2D eigenvalue weighted by molar-refractivity contribution is 5.95. The number of nitrogens with one attached hydrogen (secondary N) is 2. The van der Waals surface area contributed by atoms with Gasteiger partial charge in [-0.05, 0) is 51.4 Å². The number of aromatic nitrogens is 2. The van der Waals surface area contributed by atoms with E-state index in [1.807, 2.05) is 32.2 Å². The molecular formula is C21H29ClN4O4. The fourth-order valence-corrected chi connectivity index (χ4v) is 4.26. The number of rotatable bonds is 5. The van der Waals surface area contributed by atoms with Crippen LogP contribution in [-0.2, 0) is 11.2 Å². The minimum absolute atomic E-state index is 0. The van der Waals surface area contributed by atoms with Gasteiger partial charge >= 0.3 is 0 Å². The number of nitrogens with zero attached hydrogens (tertiary/aromatic N) is 2. The first-order chi connectivity index (χ1) is 14.0. The minimum atomic E-state index is -0.329. The highest BCUT2D eigenvalue weighted by atomic mass is 35.5. The van der Waals surface area contributed by atoms with Gasteiger partial charge in [0.25, 0.3) is 11.5 Å². The van der Waals surface area contributed by atoms with E-state index in [0.717, 1.165) is 37.4 Å². The number of hydrogen-bond acceptors (Lipinski definition) is 6. The van der Waals surface area contributed by atoms with Crippen LogP contribution in [0.2, 0.25) is 0 Å². The van der Waals surface area contributed by atoms with Gasteiger partial charge in [0.1, 0.15) is 11.3 Å². The van der Waals surface area contributed by atoms with E-state index in [2.05, 4.69) is 15.8 Å². The van der Waals surface area contributed by atoms with Gasteiger partial charge in [0.05, 0.1) is 24.9 Å². The first-order valence-corrected chi connectivity index (χ1v) is 10.3. The van der Waals surface area contributed by atoms with Crippen molar-refractivity contribution in [3.63, 3.8) is 0 Å². The Morgan fingerprint density at radius 2 is 2.07 bits per heavy atom. The Morgan fingerprint density at radius 1 is 1.30 bits per heavy atom. The van der Waals surface area contributed by atoms with Crippen LogP contribution in [0.3, 0.4) is 0 Å². The molecule has 4 rings (SSSR count). The van der Waals surface area contributed by atoms with Crippen LogP contribution in [0, 0.1) is 19.8 Å². The Hall–Kier alpha value is -2.16. The zero-order chi connectivity index (χ0) is 20.4. The third kappa shape index (κ3) is 4.77. The molecule has 2 fully saturated rings. The van der Waals surface area contributed by atoms with Gasteiger partial charge in [-0.25, -0.2) is 0 Å². The quantitative estimate of drug-likeness (QED) is 0.741. The molecule has 2 aromatic rings. The number of halogens is 1. The van der Waals surface area contributed by atoms with E-state index in [-0.39, 0.29) is 47.4 Å². The highest BCUT2D eigenvalue weighted by Crippen LogP contribution is 2.21. The van der Waals surface area contributed by atoms with Crippen molar-refractivity contribution >= 4 is 18.3 Å². The van der Waals surface area contributed by atoms with E-state index in [9.17, 15) is 9.59 Å². The number of ether oxygens (including phenoxy) is 1. The smallest absolute Gasteiger partial charge is 0.263 e. The SMILES string of the molecule is Cc1cc(C[C@@H]2COC[C@@H]2NC(=O)c2c(C)ccn(C3CCNCC3)c2=O)on1.Cl. The van der Waals surface area contributed by atoms with Crippen molar-refractivity contribution in [3.05, 3.63) is 51.3 Å². The summed E-state index contributed by atoms with van der Waals surface area (Å²) in [4.78, 5) is 26.2. The largest absolute Gasteiger partial charge is 0.379 e. The number of hydrogen-bond donors (Lipinski definition) is 2.